The van der Waals surface area contributed by atoms with Crippen LogP contribution < -0.4 is 14.2 Å². The highest BCUT2D eigenvalue weighted by atomic mass is 35.5. The molecular formula is C16H19ClO4. The molecule has 114 valence electrons. The summed E-state index contributed by atoms with van der Waals surface area (Å²) in [6, 6.07) is 7.35. The second-order valence-corrected chi connectivity index (χ2v) is 4.90. The van der Waals surface area contributed by atoms with Crippen molar-refractivity contribution in [3.63, 3.8) is 0 Å². The average molecular weight is 311 g/mol. The van der Waals surface area contributed by atoms with Crippen LogP contribution in [-0.4, -0.2) is 21.3 Å². The summed E-state index contributed by atoms with van der Waals surface area (Å²) in [5, 5.41) is -0.499. The summed E-state index contributed by atoms with van der Waals surface area (Å²) in [6.07, 6.45) is 0.820. The molecule has 1 aromatic carbocycles. The second-order valence-electron chi connectivity index (χ2n) is 4.47. The van der Waals surface area contributed by atoms with Crippen LogP contribution in [-0.2, 0) is 6.42 Å². The summed E-state index contributed by atoms with van der Waals surface area (Å²) >= 11 is 6.57. The van der Waals surface area contributed by atoms with Crippen LogP contribution in [0.4, 0.5) is 0 Å². The third-order valence-electron chi connectivity index (χ3n) is 3.29. The van der Waals surface area contributed by atoms with Gasteiger partial charge in [-0.3, -0.25) is 0 Å². The first kappa shape index (κ1) is 15.6. The van der Waals surface area contributed by atoms with E-state index in [4.69, 9.17) is 30.2 Å². The summed E-state index contributed by atoms with van der Waals surface area (Å²) in [6.45, 7) is 2.03. The Morgan fingerprint density at radius 3 is 2.10 bits per heavy atom. The molecule has 0 fully saturated rings. The van der Waals surface area contributed by atoms with E-state index in [9.17, 15) is 0 Å². The highest BCUT2D eigenvalue weighted by Crippen LogP contribution is 2.44. The largest absolute Gasteiger partial charge is 0.496 e. The van der Waals surface area contributed by atoms with Crippen molar-refractivity contribution in [2.45, 2.75) is 18.7 Å². The van der Waals surface area contributed by atoms with Crippen LogP contribution in [0.3, 0.4) is 0 Å². The lowest BCUT2D eigenvalue weighted by Gasteiger charge is -2.17. The Labute approximate surface area is 129 Å². The van der Waals surface area contributed by atoms with Crippen LogP contribution >= 0.6 is 11.6 Å². The van der Waals surface area contributed by atoms with E-state index in [1.807, 2.05) is 19.1 Å². The Hall–Kier alpha value is -1.81. The number of rotatable bonds is 6. The smallest absolute Gasteiger partial charge is 0.131 e. The first-order valence-corrected chi connectivity index (χ1v) is 7.10. The van der Waals surface area contributed by atoms with Crippen LogP contribution in [0.25, 0.3) is 0 Å². The van der Waals surface area contributed by atoms with E-state index in [0.29, 0.717) is 23.0 Å². The third-order valence-corrected chi connectivity index (χ3v) is 3.72. The van der Waals surface area contributed by atoms with Gasteiger partial charge >= 0.3 is 0 Å². The van der Waals surface area contributed by atoms with E-state index >= 15 is 0 Å². The van der Waals surface area contributed by atoms with Crippen molar-refractivity contribution < 1.29 is 18.6 Å². The van der Waals surface area contributed by atoms with Gasteiger partial charge in [0.25, 0.3) is 0 Å². The van der Waals surface area contributed by atoms with Crippen LogP contribution in [0.1, 0.15) is 29.4 Å². The molecule has 0 saturated heterocycles. The lowest BCUT2D eigenvalue weighted by atomic mass is 10.1. The van der Waals surface area contributed by atoms with Gasteiger partial charge in [0.05, 0.1) is 26.9 Å². The van der Waals surface area contributed by atoms with Crippen molar-refractivity contribution in [3.8, 4) is 17.2 Å². The molecule has 0 spiro atoms. The molecule has 2 aromatic rings. The number of alkyl halides is 1. The number of hydrogen-bond acceptors (Lipinski definition) is 4. The first-order chi connectivity index (χ1) is 10.1. The van der Waals surface area contributed by atoms with Gasteiger partial charge in [-0.05, 0) is 12.1 Å². The molecule has 0 radical (unpaired) electrons. The zero-order chi connectivity index (χ0) is 15.4. The van der Waals surface area contributed by atoms with E-state index in [1.54, 1.807) is 33.5 Å². The van der Waals surface area contributed by atoms with Crippen molar-refractivity contribution in [1.82, 2.24) is 0 Å². The van der Waals surface area contributed by atoms with Gasteiger partial charge in [-0.15, -0.1) is 11.6 Å². The van der Waals surface area contributed by atoms with Gasteiger partial charge in [0.1, 0.15) is 34.1 Å². The molecule has 21 heavy (non-hydrogen) atoms. The van der Waals surface area contributed by atoms with Crippen molar-refractivity contribution in [3.05, 3.63) is 41.3 Å². The van der Waals surface area contributed by atoms with Crippen molar-refractivity contribution in [2.24, 2.45) is 0 Å². The minimum Gasteiger partial charge on any atom is -0.496 e. The van der Waals surface area contributed by atoms with Crippen LogP contribution in [0.5, 0.6) is 17.2 Å². The van der Waals surface area contributed by atoms with Gasteiger partial charge < -0.3 is 18.6 Å². The highest BCUT2D eigenvalue weighted by molar-refractivity contribution is 6.22. The number of benzene rings is 1. The van der Waals surface area contributed by atoms with Crippen molar-refractivity contribution >= 4 is 11.6 Å². The SMILES string of the molecule is CCc1ccc(C(Cl)c2c(OC)cc(OC)cc2OC)o1. The van der Waals surface area contributed by atoms with E-state index in [-0.39, 0.29) is 0 Å². The van der Waals surface area contributed by atoms with E-state index in [2.05, 4.69) is 0 Å². The molecule has 0 aliphatic carbocycles. The highest BCUT2D eigenvalue weighted by Gasteiger charge is 2.24. The third kappa shape index (κ3) is 3.10. The molecule has 0 aliphatic rings. The molecule has 1 atom stereocenters. The average Bonchev–Trinajstić information content (AvgIpc) is 3.01. The second kappa shape index (κ2) is 6.76. The molecule has 2 rings (SSSR count). The fraction of sp³-hybridized carbons (Fsp3) is 0.375. The predicted molar refractivity (Wildman–Crippen MR) is 81.9 cm³/mol. The fourth-order valence-electron chi connectivity index (χ4n) is 2.15. The zero-order valence-electron chi connectivity index (χ0n) is 12.6. The minimum atomic E-state index is -0.499. The van der Waals surface area contributed by atoms with Gasteiger partial charge in [-0.2, -0.15) is 0 Å². The monoisotopic (exact) mass is 310 g/mol. The van der Waals surface area contributed by atoms with Crippen molar-refractivity contribution in [1.29, 1.82) is 0 Å². The first-order valence-electron chi connectivity index (χ1n) is 6.67. The zero-order valence-corrected chi connectivity index (χ0v) is 13.4. The molecule has 4 nitrogen and oxygen atoms in total. The van der Waals surface area contributed by atoms with Crippen LogP contribution in [0.2, 0.25) is 0 Å². The van der Waals surface area contributed by atoms with Gasteiger partial charge in [-0.1, -0.05) is 6.92 Å². The molecule has 0 amide bonds. The maximum Gasteiger partial charge on any atom is 0.131 e. The number of hydrogen-bond donors (Lipinski definition) is 0. The standard InChI is InChI=1S/C16H19ClO4/c1-5-10-6-7-12(21-10)16(17)15-13(19-3)8-11(18-2)9-14(15)20-4/h6-9,16H,5H2,1-4H3. The Balaban J connectivity index is 2.50. The summed E-state index contributed by atoms with van der Waals surface area (Å²) in [5.74, 6) is 3.39. The Bertz CT molecular complexity index is 581. The minimum absolute atomic E-state index is 0.499. The number of halogens is 1. The number of furan rings is 1. The number of ether oxygens (including phenoxy) is 3. The quantitative estimate of drug-likeness (QED) is 0.750. The molecule has 1 heterocycles. The van der Waals surface area contributed by atoms with Gasteiger partial charge in [0, 0.05) is 18.6 Å². The molecule has 0 N–H and O–H groups in total. The van der Waals surface area contributed by atoms with E-state index < -0.39 is 5.38 Å². The summed E-state index contributed by atoms with van der Waals surface area (Å²) < 4.78 is 21.8. The normalized spacial score (nSPS) is 12.0. The van der Waals surface area contributed by atoms with Crippen LogP contribution in [0.15, 0.2) is 28.7 Å². The van der Waals surface area contributed by atoms with Crippen molar-refractivity contribution in [2.75, 3.05) is 21.3 Å². The predicted octanol–water partition coefficient (Wildman–Crippen LogP) is 4.20. The Morgan fingerprint density at radius 1 is 1.05 bits per heavy atom. The topological polar surface area (TPSA) is 40.8 Å². The number of aryl methyl sites for hydroxylation is 1. The van der Waals surface area contributed by atoms with Crippen LogP contribution in [0, 0.1) is 0 Å². The lowest BCUT2D eigenvalue weighted by Crippen LogP contribution is -2.01. The molecule has 1 unspecified atom stereocenters. The molecule has 0 saturated carbocycles. The van der Waals surface area contributed by atoms with Gasteiger partial charge in [0.2, 0.25) is 0 Å². The van der Waals surface area contributed by atoms with Gasteiger partial charge in [0.15, 0.2) is 0 Å². The molecule has 5 heteroatoms. The molecular weight excluding hydrogens is 292 g/mol. The maximum atomic E-state index is 6.57. The maximum absolute atomic E-state index is 6.57. The summed E-state index contributed by atoms with van der Waals surface area (Å²) in [7, 11) is 4.76. The van der Waals surface area contributed by atoms with E-state index in [0.717, 1.165) is 17.7 Å². The Morgan fingerprint density at radius 2 is 1.67 bits per heavy atom. The molecule has 1 aromatic heterocycles. The van der Waals surface area contributed by atoms with E-state index in [1.165, 1.54) is 0 Å². The lowest BCUT2D eigenvalue weighted by molar-refractivity contribution is 0.366. The fourth-order valence-corrected chi connectivity index (χ4v) is 2.48. The number of methoxy groups -OCH3 is 3. The Kier molecular flexibility index (Phi) is 5.02. The van der Waals surface area contributed by atoms with Gasteiger partial charge in [-0.25, -0.2) is 0 Å². The molecule has 0 bridgehead atoms. The molecule has 0 aliphatic heterocycles. The summed E-state index contributed by atoms with van der Waals surface area (Å²) in [4.78, 5) is 0. The summed E-state index contributed by atoms with van der Waals surface area (Å²) in [5.41, 5.74) is 0.722.